The number of ether oxygens (including phenoxy) is 1. The first-order valence-electron chi connectivity index (χ1n) is 9.34. The van der Waals surface area contributed by atoms with E-state index in [1.165, 1.54) is 0 Å². The van der Waals surface area contributed by atoms with Crippen molar-refractivity contribution in [1.29, 1.82) is 0 Å². The van der Waals surface area contributed by atoms with Crippen molar-refractivity contribution in [3.8, 4) is 16.9 Å². The molecule has 0 unspecified atom stereocenters. The molecule has 1 atom stereocenters. The molecule has 0 bridgehead atoms. The Bertz CT molecular complexity index is 996. The first kappa shape index (κ1) is 18.0. The molecule has 1 amide bonds. The van der Waals surface area contributed by atoms with Gasteiger partial charge in [0.1, 0.15) is 5.75 Å². The molecule has 0 aliphatic carbocycles. The monoisotopic (exact) mass is 371 g/mol. The third kappa shape index (κ3) is 3.81. The summed E-state index contributed by atoms with van der Waals surface area (Å²) < 4.78 is 5.53. The quantitative estimate of drug-likeness (QED) is 0.497. The first-order chi connectivity index (χ1) is 13.6. The van der Waals surface area contributed by atoms with E-state index in [1.807, 2.05) is 73.7 Å². The maximum Gasteiger partial charge on any atom is 0.316 e. The van der Waals surface area contributed by atoms with Crippen LogP contribution in [0.15, 0.2) is 78.9 Å². The zero-order valence-electron chi connectivity index (χ0n) is 15.7. The molecule has 1 saturated heterocycles. The molecular weight excluding hydrogens is 350 g/mol. The van der Waals surface area contributed by atoms with Gasteiger partial charge in [-0.25, -0.2) is 0 Å². The first-order valence-corrected chi connectivity index (χ1v) is 9.34. The van der Waals surface area contributed by atoms with E-state index in [2.05, 4.69) is 0 Å². The fourth-order valence-electron chi connectivity index (χ4n) is 3.46. The van der Waals surface area contributed by atoms with Gasteiger partial charge in [0, 0.05) is 18.7 Å². The number of rotatable bonds is 4. The number of aryl methyl sites for hydroxylation is 1. The molecule has 3 aromatic carbocycles. The van der Waals surface area contributed by atoms with Crippen LogP contribution in [0.25, 0.3) is 11.1 Å². The Morgan fingerprint density at radius 2 is 1.64 bits per heavy atom. The maximum atomic E-state index is 12.6. The molecule has 1 heterocycles. The van der Waals surface area contributed by atoms with E-state index in [9.17, 15) is 9.59 Å². The Labute approximate surface area is 164 Å². The number of amides is 1. The van der Waals surface area contributed by atoms with E-state index in [0.29, 0.717) is 12.3 Å². The molecule has 1 aliphatic heterocycles. The predicted octanol–water partition coefficient (Wildman–Crippen LogP) is 4.62. The minimum atomic E-state index is -0.457. The van der Waals surface area contributed by atoms with Crippen LogP contribution in [-0.2, 0) is 9.59 Å². The third-order valence-corrected chi connectivity index (χ3v) is 4.95. The van der Waals surface area contributed by atoms with E-state index >= 15 is 0 Å². The van der Waals surface area contributed by atoms with Crippen molar-refractivity contribution >= 4 is 17.6 Å². The zero-order chi connectivity index (χ0) is 19.5. The van der Waals surface area contributed by atoms with Gasteiger partial charge in [-0.15, -0.1) is 0 Å². The predicted molar refractivity (Wildman–Crippen MR) is 109 cm³/mol. The molecule has 4 rings (SSSR count). The lowest BCUT2D eigenvalue weighted by molar-refractivity contribution is -0.139. The normalized spacial score (nSPS) is 16.2. The zero-order valence-corrected chi connectivity index (χ0v) is 15.7. The van der Waals surface area contributed by atoms with Gasteiger partial charge >= 0.3 is 5.97 Å². The van der Waals surface area contributed by atoms with Crippen molar-refractivity contribution in [1.82, 2.24) is 0 Å². The molecule has 28 heavy (non-hydrogen) atoms. The van der Waals surface area contributed by atoms with Gasteiger partial charge in [-0.3, -0.25) is 9.59 Å². The summed E-state index contributed by atoms with van der Waals surface area (Å²) in [6, 6.07) is 25.2. The number of benzene rings is 3. The summed E-state index contributed by atoms with van der Waals surface area (Å²) in [4.78, 5) is 26.6. The summed E-state index contributed by atoms with van der Waals surface area (Å²) in [7, 11) is 0. The van der Waals surface area contributed by atoms with Crippen molar-refractivity contribution in [2.45, 2.75) is 13.3 Å². The van der Waals surface area contributed by atoms with Crippen LogP contribution in [0, 0.1) is 12.8 Å². The summed E-state index contributed by atoms with van der Waals surface area (Å²) in [5.41, 5.74) is 4.07. The average Bonchev–Trinajstić information content (AvgIpc) is 3.11. The van der Waals surface area contributed by atoms with Crippen LogP contribution in [0.5, 0.6) is 5.75 Å². The number of nitrogens with zero attached hydrogens (tertiary/aromatic N) is 1. The molecule has 3 aromatic rings. The summed E-state index contributed by atoms with van der Waals surface area (Å²) >= 11 is 0. The Kier molecular flexibility index (Phi) is 4.94. The fraction of sp³-hybridized carbons (Fsp3) is 0.167. The highest BCUT2D eigenvalue weighted by Gasteiger charge is 2.36. The largest absolute Gasteiger partial charge is 0.426 e. The molecule has 4 heteroatoms. The third-order valence-electron chi connectivity index (χ3n) is 4.95. The second-order valence-corrected chi connectivity index (χ2v) is 7.06. The number of esters is 1. The van der Waals surface area contributed by atoms with Crippen LogP contribution in [0.1, 0.15) is 12.0 Å². The molecule has 0 saturated carbocycles. The molecule has 0 spiro atoms. The van der Waals surface area contributed by atoms with E-state index in [1.54, 1.807) is 17.0 Å². The van der Waals surface area contributed by atoms with Crippen molar-refractivity contribution < 1.29 is 14.3 Å². The van der Waals surface area contributed by atoms with Crippen LogP contribution in [0.2, 0.25) is 0 Å². The van der Waals surface area contributed by atoms with E-state index < -0.39 is 5.92 Å². The van der Waals surface area contributed by atoms with Gasteiger partial charge in [-0.1, -0.05) is 54.6 Å². The van der Waals surface area contributed by atoms with E-state index in [-0.39, 0.29) is 18.3 Å². The fourth-order valence-corrected chi connectivity index (χ4v) is 3.46. The minimum absolute atomic E-state index is 0.0491. The van der Waals surface area contributed by atoms with Crippen LogP contribution < -0.4 is 9.64 Å². The maximum absolute atomic E-state index is 12.6. The Balaban J connectivity index is 1.42. The van der Waals surface area contributed by atoms with Crippen LogP contribution in [-0.4, -0.2) is 18.4 Å². The lowest BCUT2D eigenvalue weighted by Gasteiger charge is -2.17. The Morgan fingerprint density at radius 1 is 0.929 bits per heavy atom. The van der Waals surface area contributed by atoms with E-state index in [4.69, 9.17) is 4.74 Å². The van der Waals surface area contributed by atoms with Gasteiger partial charge in [0.05, 0.1) is 5.92 Å². The Morgan fingerprint density at radius 3 is 2.36 bits per heavy atom. The topological polar surface area (TPSA) is 46.6 Å². The number of hydrogen-bond donors (Lipinski definition) is 0. The SMILES string of the molecule is Cc1cccc(N2C[C@H](C(=O)Oc3ccc(-c4ccccc4)cc3)CC2=O)c1. The highest BCUT2D eigenvalue weighted by molar-refractivity contribution is 5.99. The van der Waals surface area contributed by atoms with Gasteiger partial charge in [-0.2, -0.15) is 0 Å². The van der Waals surface area contributed by atoms with Crippen molar-refractivity contribution in [3.05, 3.63) is 84.4 Å². The summed E-state index contributed by atoms with van der Waals surface area (Å²) in [5, 5.41) is 0. The molecule has 1 aliphatic rings. The smallest absolute Gasteiger partial charge is 0.316 e. The van der Waals surface area contributed by atoms with Crippen molar-refractivity contribution in [2.75, 3.05) is 11.4 Å². The van der Waals surface area contributed by atoms with Gasteiger partial charge in [0.25, 0.3) is 0 Å². The number of hydrogen-bond acceptors (Lipinski definition) is 3. The minimum Gasteiger partial charge on any atom is -0.426 e. The van der Waals surface area contributed by atoms with Gasteiger partial charge in [0.15, 0.2) is 0 Å². The second-order valence-electron chi connectivity index (χ2n) is 7.06. The Hall–Kier alpha value is -3.40. The molecule has 0 radical (unpaired) electrons. The van der Waals surface area contributed by atoms with Crippen molar-refractivity contribution in [2.24, 2.45) is 5.92 Å². The summed E-state index contributed by atoms with van der Waals surface area (Å²) in [6.07, 6.45) is 0.175. The average molecular weight is 371 g/mol. The molecule has 140 valence electrons. The highest BCUT2D eigenvalue weighted by Crippen LogP contribution is 2.28. The van der Waals surface area contributed by atoms with Gasteiger partial charge < -0.3 is 9.64 Å². The number of anilines is 1. The molecule has 4 nitrogen and oxygen atoms in total. The number of carbonyl (C=O) groups excluding carboxylic acids is 2. The van der Waals surface area contributed by atoms with Gasteiger partial charge in [0.2, 0.25) is 5.91 Å². The van der Waals surface area contributed by atoms with Crippen LogP contribution in [0.3, 0.4) is 0 Å². The van der Waals surface area contributed by atoms with Crippen LogP contribution in [0.4, 0.5) is 5.69 Å². The van der Waals surface area contributed by atoms with Gasteiger partial charge in [-0.05, 0) is 47.9 Å². The summed E-state index contributed by atoms with van der Waals surface area (Å²) in [5.74, 6) is -0.379. The van der Waals surface area contributed by atoms with E-state index in [0.717, 1.165) is 22.4 Å². The summed E-state index contributed by atoms with van der Waals surface area (Å²) in [6.45, 7) is 2.33. The number of carbonyl (C=O) groups is 2. The molecular formula is C24H21NO3. The molecule has 0 N–H and O–H groups in total. The van der Waals surface area contributed by atoms with Crippen LogP contribution >= 0.6 is 0 Å². The van der Waals surface area contributed by atoms with Crippen molar-refractivity contribution in [3.63, 3.8) is 0 Å². The second kappa shape index (κ2) is 7.69. The molecule has 1 fully saturated rings. The standard InChI is InChI=1S/C24H21NO3/c1-17-6-5-9-21(14-17)25-16-20(15-23(25)26)24(27)28-22-12-10-19(11-13-22)18-7-3-2-4-8-18/h2-14,20H,15-16H2,1H3/t20-/m1/s1. The lowest BCUT2D eigenvalue weighted by Crippen LogP contribution is -2.27. The lowest BCUT2D eigenvalue weighted by atomic mass is 10.1. The molecule has 0 aromatic heterocycles. The highest BCUT2D eigenvalue weighted by atomic mass is 16.5.